The molecule has 4 nitrogen and oxygen atoms in total. The summed E-state index contributed by atoms with van der Waals surface area (Å²) in [6.45, 7) is 4.16. The number of aliphatic hydroxyl groups is 1. The molecule has 2 N–H and O–H groups in total. The molecule has 8 atom stereocenters. The molecule has 0 saturated heterocycles. The van der Waals surface area contributed by atoms with Gasteiger partial charge in [-0.25, -0.2) is 4.39 Å². The number of hydrogen-bond donors (Lipinski definition) is 2. The second-order valence-electron chi connectivity index (χ2n) is 15.6. The number of benzene rings is 1. The molecular weight excluding hydrogens is 672 g/mol. The molecule has 2 fully saturated rings. The van der Waals surface area contributed by atoms with Gasteiger partial charge in [-0.1, -0.05) is 25.8 Å². The number of nitrogens with zero attached hydrogens (tertiary/aromatic N) is 1. The van der Waals surface area contributed by atoms with Gasteiger partial charge in [0.15, 0.2) is 0 Å². The highest BCUT2D eigenvalue weighted by molar-refractivity contribution is 5.41. The van der Waals surface area contributed by atoms with Crippen LogP contribution >= 0.6 is 0 Å². The zero-order chi connectivity index (χ0) is 36.8. The first-order valence-corrected chi connectivity index (χ1v) is 17.3. The molecule has 2 saturated carbocycles. The Morgan fingerprint density at radius 2 is 1.47 bits per heavy atom. The molecule has 1 aromatic carbocycles. The van der Waals surface area contributed by atoms with Crippen molar-refractivity contribution in [3.63, 3.8) is 0 Å². The third-order valence-corrected chi connectivity index (χ3v) is 12.2. The maximum atomic E-state index is 16.1. The van der Waals surface area contributed by atoms with Gasteiger partial charge in [0.25, 0.3) is 0 Å². The van der Waals surface area contributed by atoms with Crippen molar-refractivity contribution in [3.8, 4) is 5.75 Å². The van der Waals surface area contributed by atoms with E-state index < -0.39 is 58.6 Å². The van der Waals surface area contributed by atoms with Crippen molar-refractivity contribution < 1.29 is 58.8 Å². The molecule has 3 aliphatic carbocycles. The predicted octanol–water partition coefficient (Wildman–Crippen LogP) is 10.1. The molecule has 14 heteroatoms. The lowest BCUT2D eigenvalue weighted by Crippen LogP contribution is -2.60. The molecule has 282 valence electrons. The number of fused-ring (bicyclic) bond motifs is 5. The number of phenols is 1. The van der Waals surface area contributed by atoms with Crippen LogP contribution in [0.25, 0.3) is 0 Å². The topological polar surface area (TPSA) is 63.5 Å². The highest BCUT2D eigenvalue weighted by Crippen LogP contribution is 2.66. The average molecular weight is 722 g/mol. The maximum Gasteiger partial charge on any atom is 0.460 e. The summed E-state index contributed by atoms with van der Waals surface area (Å²) < 4.78 is 133. The summed E-state index contributed by atoms with van der Waals surface area (Å²) in [5, 5.41) is 34.4. The smallest absolute Gasteiger partial charge is 0.460 e. The van der Waals surface area contributed by atoms with Crippen molar-refractivity contribution in [1.82, 2.24) is 0 Å². The van der Waals surface area contributed by atoms with Gasteiger partial charge in [0.2, 0.25) is 0 Å². The first kappa shape index (κ1) is 40.0. The van der Waals surface area contributed by atoms with Crippen LogP contribution in [0.3, 0.4) is 0 Å². The minimum Gasteiger partial charge on any atom is -0.633 e. The minimum atomic E-state index is -6.88. The van der Waals surface area contributed by atoms with Crippen LogP contribution in [-0.2, 0) is 6.42 Å². The molecule has 0 aliphatic heterocycles. The first-order valence-electron chi connectivity index (χ1n) is 17.3. The first-order chi connectivity index (χ1) is 22.4. The van der Waals surface area contributed by atoms with Crippen LogP contribution in [0.1, 0.15) is 108 Å². The van der Waals surface area contributed by atoms with Gasteiger partial charge in [-0.3, -0.25) is 0 Å². The van der Waals surface area contributed by atoms with Gasteiger partial charge in [-0.15, -0.1) is 0 Å². The normalized spacial score (nSPS) is 31.9. The van der Waals surface area contributed by atoms with Crippen LogP contribution in [0, 0.1) is 28.4 Å². The standard InChI is InChI=1S/C35H49F10NO3/c1-30-21-27(36)29-25-13-12-24(47)20-23(25)19-22(28(29)26(30)14-16-31(30,2)48)11-7-6-10-18-46(3,49)17-9-5-4-8-15-32(37,38)33(39,40)34(41,42)35(43,44)45/h12-13,20,22,26-29,47-48H,4-11,14-19,21H2,1-3H3/t22-,26-,27-,28-,29-,30-,31-,46?/m0/s1. The minimum absolute atomic E-state index is 0.0348. The number of aromatic hydroxyl groups is 1. The molecule has 0 bridgehead atoms. The zero-order valence-corrected chi connectivity index (χ0v) is 28.3. The Hall–Kier alpha value is -1.80. The van der Waals surface area contributed by atoms with Gasteiger partial charge < -0.3 is 20.1 Å². The lowest BCUT2D eigenvalue weighted by atomic mass is 9.50. The van der Waals surface area contributed by atoms with Gasteiger partial charge >= 0.3 is 23.9 Å². The average Bonchev–Trinajstić information content (AvgIpc) is 3.21. The molecule has 4 rings (SSSR count). The second-order valence-corrected chi connectivity index (χ2v) is 15.6. The van der Waals surface area contributed by atoms with Crippen molar-refractivity contribution in [2.45, 2.75) is 139 Å². The summed E-state index contributed by atoms with van der Waals surface area (Å²) >= 11 is 0. The lowest BCUT2D eigenvalue weighted by Gasteiger charge is -2.56. The number of alkyl halides is 10. The number of hydroxylamine groups is 3. The van der Waals surface area contributed by atoms with E-state index in [1.807, 2.05) is 19.9 Å². The summed E-state index contributed by atoms with van der Waals surface area (Å²) in [4.78, 5) is 0. The fourth-order valence-electron chi connectivity index (χ4n) is 9.14. The Bertz CT molecular complexity index is 1290. The number of rotatable bonds is 15. The third-order valence-electron chi connectivity index (χ3n) is 12.2. The number of unbranched alkanes of at least 4 members (excludes halogenated alkanes) is 5. The molecule has 0 heterocycles. The summed E-state index contributed by atoms with van der Waals surface area (Å²) in [5.41, 5.74) is 0.379. The van der Waals surface area contributed by atoms with Crippen molar-refractivity contribution in [2.75, 3.05) is 20.1 Å². The number of phenolic OH excluding ortho intramolecular Hbond substituents is 1. The molecule has 1 aromatic rings. The van der Waals surface area contributed by atoms with E-state index in [1.54, 1.807) is 12.1 Å². The SMILES string of the molecule is C[C@]1(O)CC[C@H]2[C@@H]3[C@@H](CCCCC[N+](C)([O-])CCCCCCC(F)(F)C(F)(F)C(F)(F)C(F)(F)F)Cc4cc(O)ccc4[C@H]3[C@@H](F)C[C@@]21C. The largest absolute Gasteiger partial charge is 0.633 e. The van der Waals surface area contributed by atoms with Crippen LogP contribution in [0.4, 0.5) is 43.9 Å². The summed E-state index contributed by atoms with van der Waals surface area (Å²) in [6, 6.07) is 5.16. The van der Waals surface area contributed by atoms with Gasteiger partial charge in [0.05, 0.1) is 25.7 Å². The van der Waals surface area contributed by atoms with Crippen LogP contribution in [0.15, 0.2) is 18.2 Å². The fourth-order valence-corrected chi connectivity index (χ4v) is 9.14. The second kappa shape index (κ2) is 14.0. The van der Waals surface area contributed by atoms with Crippen molar-refractivity contribution in [2.24, 2.45) is 23.2 Å². The monoisotopic (exact) mass is 721 g/mol. The van der Waals surface area contributed by atoms with E-state index in [0.717, 1.165) is 36.8 Å². The fraction of sp³-hybridized carbons (Fsp3) is 0.829. The van der Waals surface area contributed by atoms with E-state index >= 15 is 4.39 Å². The van der Waals surface area contributed by atoms with Gasteiger partial charge in [-0.05, 0) is 112 Å². The Morgan fingerprint density at radius 1 is 0.878 bits per heavy atom. The van der Waals surface area contributed by atoms with E-state index in [4.69, 9.17) is 0 Å². The number of hydrogen-bond acceptors (Lipinski definition) is 3. The highest BCUT2D eigenvalue weighted by atomic mass is 19.4. The molecular formula is C35H49F10NO3. The maximum absolute atomic E-state index is 16.1. The zero-order valence-electron chi connectivity index (χ0n) is 28.3. The van der Waals surface area contributed by atoms with E-state index in [9.17, 15) is 54.9 Å². The lowest BCUT2D eigenvalue weighted by molar-refractivity contribution is -0.861. The number of halogens is 10. The molecule has 0 amide bonds. The Labute approximate surface area is 281 Å². The van der Waals surface area contributed by atoms with Crippen LogP contribution in [0.2, 0.25) is 0 Å². The summed E-state index contributed by atoms with van der Waals surface area (Å²) in [5.74, 6) is -18.9. The van der Waals surface area contributed by atoms with Gasteiger partial charge in [0.1, 0.15) is 11.9 Å². The van der Waals surface area contributed by atoms with Gasteiger partial charge in [0, 0.05) is 17.8 Å². The van der Waals surface area contributed by atoms with E-state index in [0.29, 0.717) is 19.3 Å². The molecule has 3 aliphatic rings. The van der Waals surface area contributed by atoms with Crippen molar-refractivity contribution >= 4 is 0 Å². The molecule has 0 spiro atoms. The Balaban J connectivity index is 1.23. The van der Waals surface area contributed by atoms with E-state index in [-0.39, 0.29) is 68.2 Å². The molecule has 1 unspecified atom stereocenters. The third kappa shape index (κ3) is 7.71. The summed E-state index contributed by atoms with van der Waals surface area (Å²) in [6.07, 6.45) is -5.04. The Morgan fingerprint density at radius 3 is 2.08 bits per heavy atom. The van der Waals surface area contributed by atoms with Crippen molar-refractivity contribution in [3.05, 3.63) is 34.5 Å². The summed E-state index contributed by atoms with van der Waals surface area (Å²) in [7, 11) is 1.44. The molecule has 0 aromatic heterocycles. The molecule has 49 heavy (non-hydrogen) atoms. The Kier molecular flexibility index (Phi) is 11.4. The van der Waals surface area contributed by atoms with E-state index in [2.05, 4.69) is 0 Å². The van der Waals surface area contributed by atoms with Gasteiger partial charge in [-0.2, -0.15) is 39.5 Å². The van der Waals surface area contributed by atoms with Crippen LogP contribution in [0.5, 0.6) is 5.75 Å². The number of quaternary nitrogens is 1. The highest BCUT2D eigenvalue weighted by Gasteiger charge is 2.81. The van der Waals surface area contributed by atoms with E-state index in [1.165, 1.54) is 7.05 Å². The van der Waals surface area contributed by atoms with Crippen molar-refractivity contribution in [1.29, 1.82) is 0 Å². The quantitative estimate of drug-likeness (QED) is 0.0821. The molecule has 0 radical (unpaired) electrons. The van der Waals surface area contributed by atoms with Crippen LogP contribution < -0.4 is 0 Å². The predicted molar refractivity (Wildman–Crippen MR) is 164 cm³/mol. The van der Waals surface area contributed by atoms with Crippen LogP contribution in [-0.4, -0.2) is 70.7 Å².